The summed E-state index contributed by atoms with van der Waals surface area (Å²) in [5, 5.41) is 9.80. The molecular formula is C14H21N3O3. The molecule has 6 nitrogen and oxygen atoms in total. The zero-order valence-electron chi connectivity index (χ0n) is 11.7. The molecule has 0 spiro atoms. The van der Waals surface area contributed by atoms with Crippen LogP contribution < -0.4 is 0 Å². The van der Waals surface area contributed by atoms with Gasteiger partial charge in [-0.2, -0.15) is 0 Å². The van der Waals surface area contributed by atoms with Crippen LogP contribution in [0.4, 0.5) is 4.79 Å². The lowest BCUT2D eigenvalue weighted by atomic mass is 10.1. The molecule has 1 aliphatic rings. The molecule has 110 valence electrons. The fraction of sp³-hybridized carbons (Fsp3) is 0.571. The number of hydrogen-bond donors (Lipinski definition) is 1. The van der Waals surface area contributed by atoms with Gasteiger partial charge in [0.25, 0.3) is 0 Å². The minimum atomic E-state index is -0.480. The van der Waals surface area contributed by atoms with Crippen molar-refractivity contribution in [2.45, 2.75) is 38.0 Å². The number of rotatable bonds is 5. The lowest BCUT2D eigenvalue weighted by Gasteiger charge is -2.26. The van der Waals surface area contributed by atoms with Gasteiger partial charge in [0.15, 0.2) is 0 Å². The number of amides is 1. The Morgan fingerprint density at radius 1 is 1.70 bits per heavy atom. The number of carbonyl (C=O) groups excluding carboxylic acids is 1. The standard InChI is InChI=1S/C14H21N3O3/c1-3-6-20-14(19)17-9-13(18)8-12(17)7-11(2)16-5-4-15-10-16/h3-5,10-13,18H,1,6-9H2,2H3/t11-,12+,13+/m0/s1. The van der Waals surface area contributed by atoms with Gasteiger partial charge in [0, 0.05) is 24.5 Å². The smallest absolute Gasteiger partial charge is 0.410 e. The summed E-state index contributed by atoms with van der Waals surface area (Å²) in [7, 11) is 0. The maximum absolute atomic E-state index is 12.0. The van der Waals surface area contributed by atoms with Crippen LogP contribution in [0.2, 0.25) is 0 Å². The summed E-state index contributed by atoms with van der Waals surface area (Å²) in [6, 6.07) is 0.196. The van der Waals surface area contributed by atoms with Crippen molar-refractivity contribution < 1.29 is 14.6 Å². The van der Waals surface area contributed by atoms with Gasteiger partial charge in [-0.05, 0) is 19.8 Å². The summed E-state index contributed by atoms with van der Waals surface area (Å²) in [6.07, 6.45) is 7.41. The molecule has 0 unspecified atom stereocenters. The van der Waals surface area contributed by atoms with Gasteiger partial charge in [0.2, 0.25) is 0 Å². The number of β-amino-alcohol motifs (C(OH)–C–C–N with tert-alkyl or cyclic N) is 1. The second-order valence-corrected chi connectivity index (χ2v) is 5.16. The van der Waals surface area contributed by atoms with Crippen molar-refractivity contribution in [3.63, 3.8) is 0 Å². The Morgan fingerprint density at radius 3 is 3.15 bits per heavy atom. The van der Waals surface area contributed by atoms with E-state index in [1.54, 1.807) is 17.4 Å². The predicted molar refractivity (Wildman–Crippen MR) is 74.2 cm³/mol. The first-order valence-electron chi connectivity index (χ1n) is 6.81. The molecule has 2 rings (SSSR count). The van der Waals surface area contributed by atoms with Gasteiger partial charge in [-0.25, -0.2) is 9.78 Å². The molecule has 0 saturated carbocycles. The van der Waals surface area contributed by atoms with Crippen LogP contribution in [0, 0.1) is 0 Å². The van der Waals surface area contributed by atoms with Gasteiger partial charge < -0.3 is 19.3 Å². The first-order valence-corrected chi connectivity index (χ1v) is 6.81. The summed E-state index contributed by atoms with van der Waals surface area (Å²) in [6.45, 7) is 6.11. The molecule has 1 aromatic rings. The van der Waals surface area contributed by atoms with Crippen LogP contribution in [0.1, 0.15) is 25.8 Å². The third kappa shape index (κ3) is 3.39. The number of ether oxygens (including phenoxy) is 1. The maximum Gasteiger partial charge on any atom is 0.410 e. The van der Waals surface area contributed by atoms with E-state index in [9.17, 15) is 9.90 Å². The van der Waals surface area contributed by atoms with Gasteiger partial charge in [-0.1, -0.05) is 12.7 Å². The molecule has 1 N–H and O–H groups in total. The molecule has 20 heavy (non-hydrogen) atoms. The van der Waals surface area contributed by atoms with E-state index in [-0.39, 0.29) is 24.8 Å². The third-order valence-corrected chi connectivity index (χ3v) is 3.60. The zero-order valence-corrected chi connectivity index (χ0v) is 11.7. The van der Waals surface area contributed by atoms with Gasteiger partial charge >= 0.3 is 6.09 Å². The van der Waals surface area contributed by atoms with E-state index in [0.29, 0.717) is 13.0 Å². The van der Waals surface area contributed by atoms with Crippen molar-refractivity contribution in [1.82, 2.24) is 14.5 Å². The van der Waals surface area contributed by atoms with E-state index < -0.39 is 6.10 Å². The SMILES string of the molecule is C=CCOC(=O)N1C[C@H](O)C[C@H]1C[C@H](C)n1ccnc1. The molecule has 1 aromatic heterocycles. The summed E-state index contributed by atoms with van der Waals surface area (Å²) in [5.74, 6) is 0. The van der Waals surface area contributed by atoms with Crippen LogP contribution in [0.3, 0.4) is 0 Å². The predicted octanol–water partition coefficient (Wildman–Crippen LogP) is 1.59. The largest absolute Gasteiger partial charge is 0.445 e. The molecule has 1 amide bonds. The van der Waals surface area contributed by atoms with E-state index >= 15 is 0 Å². The van der Waals surface area contributed by atoms with Crippen LogP contribution in [-0.2, 0) is 4.74 Å². The van der Waals surface area contributed by atoms with Crippen molar-refractivity contribution in [3.05, 3.63) is 31.4 Å². The topological polar surface area (TPSA) is 67.6 Å². The van der Waals surface area contributed by atoms with Gasteiger partial charge in [-0.3, -0.25) is 0 Å². The van der Waals surface area contributed by atoms with E-state index in [4.69, 9.17) is 4.74 Å². The van der Waals surface area contributed by atoms with Crippen LogP contribution in [0.25, 0.3) is 0 Å². The normalized spacial score (nSPS) is 23.6. The Balaban J connectivity index is 1.97. The highest BCUT2D eigenvalue weighted by Crippen LogP contribution is 2.26. The van der Waals surface area contributed by atoms with Crippen LogP contribution >= 0.6 is 0 Å². The Bertz CT molecular complexity index is 447. The highest BCUT2D eigenvalue weighted by Gasteiger charge is 2.36. The molecular weight excluding hydrogens is 258 g/mol. The highest BCUT2D eigenvalue weighted by molar-refractivity contribution is 5.68. The van der Waals surface area contributed by atoms with E-state index in [2.05, 4.69) is 18.5 Å². The second-order valence-electron chi connectivity index (χ2n) is 5.16. The number of aromatic nitrogens is 2. The fourth-order valence-electron chi connectivity index (χ4n) is 2.60. The van der Waals surface area contributed by atoms with Crippen LogP contribution in [-0.4, -0.2) is 50.9 Å². The van der Waals surface area contributed by atoms with Crippen molar-refractivity contribution in [2.24, 2.45) is 0 Å². The molecule has 1 saturated heterocycles. The number of carbonyl (C=O) groups is 1. The molecule has 0 bridgehead atoms. The minimum absolute atomic E-state index is 0.0142. The maximum atomic E-state index is 12.0. The number of nitrogens with zero attached hydrogens (tertiary/aromatic N) is 3. The average molecular weight is 279 g/mol. The first kappa shape index (κ1) is 14.6. The number of hydrogen-bond acceptors (Lipinski definition) is 4. The molecule has 1 fully saturated rings. The monoisotopic (exact) mass is 279 g/mol. The lowest BCUT2D eigenvalue weighted by Crippen LogP contribution is -2.37. The second kappa shape index (κ2) is 6.56. The van der Waals surface area contributed by atoms with Crippen molar-refractivity contribution >= 4 is 6.09 Å². The Labute approximate surface area is 118 Å². The minimum Gasteiger partial charge on any atom is -0.445 e. The van der Waals surface area contributed by atoms with Crippen LogP contribution in [0.15, 0.2) is 31.4 Å². The molecule has 0 radical (unpaired) electrons. The van der Waals surface area contributed by atoms with Crippen molar-refractivity contribution in [3.8, 4) is 0 Å². The fourth-order valence-corrected chi connectivity index (χ4v) is 2.60. The van der Waals surface area contributed by atoms with Gasteiger partial charge in [0.1, 0.15) is 6.61 Å². The van der Waals surface area contributed by atoms with E-state index in [0.717, 1.165) is 6.42 Å². The van der Waals surface area contributed by atoms with E-state index in [1.165, 1.54) is 6.08 Å². The highest BCUT2D eigenvalue weighted by atomic mass is 16.6. The molecule has 6 heteroatoms. The quantitative estimate of drug-likeness (QED) is 0.831. The Morgan fingerprint density at radius 2 is 2.50 bits per heavy atom. The summed E-state index contributed by atoms with van der Waals surface area (Å²) >= 11 is 0. The molecule has 0 aromatic carbocycles. The molecule has 1 aliphatic heterocycles. The summed E-state index contributed by atoms with van der Waals surface area (Å²) in [5.41, 5.74) is 0. The Kier molecular flexibility index (Phi) is 4.79. The number of aliphatic hydroxyl groups is 1. The van der Waals surface area contributed by atoms with E-state index in [1.807, 2.05) is 10.8 Å². The summed E-state index contributed by atoms with van der Waals surface area (Å²) < 4.78 is 7.06. The van der Waals surface area contributed by atoms with Gasteiger partial charge in [0.05, 0.1) is 19.0 Å². The average Bonchev–Trinajstić information content (AvgIpc) is 3.05. The van der Waals surface area contributed by atoms with Gasteiger partial charge in [-0.15, -0.1) is 0 Å². The van der Waals surface area contributed by atoms with Crippen molar-refractivity contribution in [1.29, 1.82) is 0 Å². The number of imidazole rings is 1. The summed E-state index contributed by atoms with van der Waals surface area (Å²) in [4.78, 5) is 17.6. The molecule has 0 aliphatic carbocycles. The lowest BCUT2D eigenvalue weighted by molar-refractivity contribution is 0.0992. The third-order valence-electron chi connectivity index (χ3n) is 3.60. The van der Waals surface area contributed by atoms with Crippen molar-refractivity contribution in [2.75, 3.05) is 13.2 Å². The molecule has 2 heterocycles. The zero-order chi connectivity index (χ0) is 14.5. The Hall–Kier alpha value is -1.82. The number of likely N-dealkylation sites (tertiary alicyclic amines) is 1. The number of aliphatic hydroxyl groups excluding tert-OH is 1. The molecule has 3 atom stereocenters. The van der Waals surface area contributed by atoms with Crippen LogP contribution in [0.5, 0.6) is 0 Å². The first-order chi connectivity index (χ1) is 9.61.